The van der Waals surface area contributed by atoms with Crippen LogP contribution in [0.5, 0.6) is 0 Å². The molecule has 0 saturated heterocycles. The maximum Gasteiger partial charge on any atom is 0.244 e. The number of aromatic nitrogens is 2. The molecule has 1 aromatic heterocycles. The molecule has 2 aromatic carbocycles. The van der Waals surface area contributed by atoms with E-state index in [-0.39, 0.29) is 11.2 Å². The Balaban J connectivity index is 1.84. The summed E-state index contributed by atoms with van der Waals surface area (Å²) in [5.41, 5.74) is 2.55. The van der Waals surface area contributed by atoms with Crippen molar-refractivity contribution in [2.75, 3.05) is 5.32 Å². The van der Waals surface area contributed by atoms with Crippen LogP contribution in [0.2, 0.25) is 0 Å². The van der Waals surface area contributed by atoms with Gasteiger partial charge in [0.2, 0.25) is 11.0 Å². The zero-order valence-electron chi connectivity index (χ0n) is 11.5. The third-order valence-corrected chi connectivity index (χ3v) is 4.80. The lowest BCUT2D eigenvalue weighted by Crippen LogP contribution is -2.18. The van der Waals surface area contributed by atoms with E-state index in [1.807, 2.05) is 60.7 Å². The molecule has 3 rings (SSSR count). The van der Waals surface area contributed by atoms with Gasteiger partial charge in [0.1, 0.15) is 10.8 Å². The Morgan fingerprint density at radius 1 is 1.05 bits per heavy atom. The molecule has 0 aliphatic carbocycles. The average Bonchev–Trinajstić information content (AvgIpc) is 3.07. The van der Waals surface area contributed by atoms with Gasteiger partial charge in [0, 0.05) is 4.90 Å². The first-order valence-corrected chi connectivity index (χ1v) is 8.42. The van der Waals surface area contributed by atoms with E-state index in [0.29, 0.717) is 5.13 Å². The summed E-state index contributed by atoms with van der Waals surface area (Å²) >= 11 is 2.82. The second-order valence-electron chi connectivity index (χ2n) is 4.45. The minimum absolute atomic E-state index is 0.100. The number of thioether (sulfide) groups is 1. The number of nitrogens with zero attached hydrogens (tertiary/aromatic N) is 2. The fourth-order valence-electron chi connectivity index (χ4n) is 1.93. The van der Waals surface area contributed by atoms with E-state index in [1.165, 1.54) is 23.1 Å². The smallest absolute Gasteiger partial charge is 0.244 e. The molecule has 0 saturated carbocycles. The van der Waals surface area contributed by atoms with E-state index in [4.69, 9.17) is 0 Å². The highest BCUT2D eigenvalue weighted by atomic mass is 32.2. The largest absolute Gasteiger partial charge is 0.299 e. The van der Waals surface area contributed by atoms with Gasteiger partial charge in [-0.15, -0.1) is 22.0 Å². The van der Waals surface area contributed by atoms with Crippen molar-refractivity contribution in [3.8, 4) is 0 Å². The van der Waals surface area contributed by atoms with E-state index < -0.39 is 0 Å². The van der Waals surface area contributed by atoms with E-state index in [9.17, 15) is 4.79 Å². The third kappa shape index (κ3) is 3.72. The van der Waals surface area contributed by atoms with Gasteiger partial charge in [-0.1, -0.05) is 59.9 Å². The average molecular weight is 327 g/mol. The van der Waals surface area contributed by atoms with Crippen LogP contribution in [-0.4, -0.2) is 16.1 Å². The molecule has 1 amide bonds. The maximum absolute atomic E-state index is 12.6. The topological polar surface area (TPSA) is 54.9 Å². The number of hydrogen-bond acceptors (Lipinski definition) is 5. The molecular formula is C16H13N3OS2. The molecule has 4 nitrogen and oxygen atoms in total. The highest BCUT2D eigenvalue weighted by molar-refractivity contribution is 8.00. The van der Waals surface area contributed by atoms with Crippen molar-refractivity contribution >= 4 is 34.1 Å². The highest BCUT2D eigenvalue weighted by Gasteiger charge is 2.22. The summed E-state index contributed by atoms with van der Waals surface area (Å²) in [6.07, 6.45) is 0. The van der Waals surface area contributed by atoms with Crippen molar-refractivity contribution < 1.29 is 4.79 Å². The molecule has 3 aromatic rings. The van der Waals surface area contributed by atoms with E-state index in [1.54, 1.807) is 5.51 Å². The molecule has 1 heterocycles. The van der Waals surface area contributed by atoms with E-state index in [2.05, 4.69) is 15.5 Å². The molecule has 0 aliphatic rings. The Morgan fingerprint density at radius 3 is 2.36 bits per heavy atom. The van der Waals surface area contributed by atoms with Crippen molar-refractivity contribution in [1.29, 1.82) is 0 Å². The Bertz CT molecular complexity index is 718. The Hall–Kier alpha value is -2.18. The Labute approximate surface area is 136 Å². The van der Waals surface area contributed by atoms with Gasteiger partial charge in [0.15, 0.2) is 0 Å². The van der Waals surface area contributed by atoms with Crippen LogP contribution < -0.4 is 5.32 Å². The summed E-state index contributed by atoms with van der Waals surface area (Å²) < 4.78 is 0. The lowest BCUT2D eigenvalue weighted by molar-refractivity contribution is -0.115. The number of hydrogen-bond donors (Lipinski definition) is 1. The normalized spacial score (nSPS) is 11.8. The number of amides is 1. The molecule has 1 N–H and O–H groups in total. The molecule has 0 spiro atoms. The summed E-state index contributed by atoms with van der Waals surface area (Å²) in [5.74, 6) is -0.100. The van der Waals surface area contributed by atoms with E-state index in [0.717, 1.165) is 10.5 Å². The van der Waals surface area contributed by atoms with E-state index >= 15 is 0 Å². The highest BCUT2D eigenvalue weighted by Crippen LogP contribution is 2.36. The monoisotopic (exact) mass is 327 g/mol. The maximum atomic E-state index is 12.6. The lowest BCUT2D eigenvalue weighted by atomic mass is 10.1. The molecular weight excluding hydrogens is 314 g/mol. The molecule has 0 radical (unpaired) electrons. The lowest BCUT2D eigenvalue weighted by Gasteiger charge is -2.16. The first kappa shape index (κ1) is 14.7. The van der Waals surface area contributed by atoms with Gasteiger partial charge in [-0.2, -0.15) is 0 Å². The standard InChI is InChI=1S/C16H13N3OS2/c20-15(18-16-19-17-11-21-16)14(12-7-3-1-4-8-12)22-13-9-5-2-6-10-13/h1-11,14H,(H,18,19,20)/t14-/m0/s1. The van der Waals surface area contributed by atoms with Gasteiger partial charge in [-0.3, -0.25) is 10.1 Å². The predicted molar refractivity (Wildman–Crippen MR) is 90.0 cm³/mol. The Morgan fingerprint density at radius 2 is 1.73 bits per heavy atom. The van der Waals surface area contributed by atoms with Crippen LogP contribution in [0.25, 0.3) is 0 Å². The van der Waals surface area contributed by atoms with Crippen LogP contribution in [0.1, 0.15) is 10.8 Å². The van der Waals surface area contributed by atoms with Gasteiger partial charge in [-0.05, 0) is 17.7 Å². The van der Waals surface area contributed by atoms with Gasteiger partial charge in [0.25, 0.3) is 0 Å². The number of anilines is 1. The first-order valence-electron chi connectivity index (χ1n) is 6.66. The summed E-state index contributed by atoms with van der Waals surface area (Å²) in [4.78, 5) is 13.7. The number of carbonyl (C=O) groups is 1. The van der Waals surface area contributed by atoms with Gasteiger partial charge in [0.05, 0.1) is 0 Å². The van der Waals surface area contributed by atoms with Crippen LogP contribution in [0.4, 0.5) is 5.13 Å². The molecule has 0 bridgehead atoms. The zero-order valence-corrected chi connectivity index (χ0v) is 13.2. The molecule has 6 heteroatoms. The van der Waals surface area contributed by atoms with Crippen LogP contribution >= 0.6 is 23.1 Å². The van der Waals surface area contributed by atoms with Crippen molar-refractivity contribution in [2.24, 2.45) is 0 Å². The number of carbonyl (C=O) groups excluding carboxylic acids is 1. The first-order chi connectivity index (χ1) is 10.8. The minimum Gasteiger partial charge on any atom is -0.299 e. The van der Waals surface area contributed by atoms with Crippen molar-refractivity contribution in [3.05, 3.63) is 71.7 Å². The van der Waals surface area contributed by atoms with Gasteiger partial charge < -0.3 is 0 Å². The van der Waals surface area contributed by atoms with Gasteiger partial charge in [-0.25, -0.2) is 0 Å². The van der Waals surface area contributed by atoms with Crippen LogP contribution in [0, 0.1) is 0 Å². The summed E-state index contributed by atoms with van der Waals surface area (Å²) in [6.45, 7) is 0. The summed E-state index contributed by atoms with van der Waals surface area (Å²) in [6, 6.07) is 19.6. The van der Waals surface area contributed by atoms with Crippen LogP contribution in [0.15, 0.2) is 71.1 Å². The number of benzene rings is 2. The Kier molecular flexibility index (Phi) is 4.82. The predicted octanol–water partition coefficient (Wildman–Crippen LogP) is 4.01. The molecule has 1 atom stereocenters. The van der Waals surface area contributed by atoms with Crippen molar-refractivity contribution in [3.63, 3.8) is 0 Å². The molecule has 0 aliphatic heterocycles. The van der Waals surface area contributed by atoms with Crippen LogP contribution in [-0.2, 0) is 4.79 Å². The number of rotatable bonds is 5. The summed E-state index contributed by atoms with van der Waals surface area (Å²) in [7, 11) is 0. The van der Waals surface area contributed by atoms with Crippen LogP contribution in [0.3, 0.4) is 0 Å². The molecule has 0 fully saturated rings. The SMILES string of the molecule is O=C(Nc1nncs1)[C@@H](Sc1ccccc1)c1ccccc1. The third-order valence-electron chi connectivity index (χ3n) is 2.93. The summed E-state index contributed by atoms with van der Waals surface area (Å²) in [5, 5.41) is 10.6. The zero-order chi connectivity index (χ0) is 15.2. The fraction of sp³-hybridized carbons (Fsp3) is 0.0625. The molecule has 22 heavy (non-hydrogen) atoms. The van der Waals surface area contributed by atoms with Crippen molar-refractivity contribution in [2.45, 2.75) is 10.1 Å². The molecule has 110 valence electrons. The minimum atomic E-state index is -0.340. The quantitative estimate of drug-likeness (QED) is 0.719. The van der Waals surface area contributed by atoms with Crippen molar-refractivity contribution in [1.82, 2.24) is 10.2 Å². The second kappa shape index (κ2) is 7.20. The fourth-order valence-corrected chi connectivity index (χ4v) is 3.43. The van der Waals surface area contributed by atoms with Gasteiger partial charge >= 0.3 is 0 Å². The second-order valence-corrected chi connectivity index (χ2v) is 6.47. The number of nitrogens with one attached hydrogen (secondary N) is 1. The molecule has 0 unspecified atom stereocenters.